The molecule has 5 aromatic rings. The first-order valence-corrected chi connectivity index (χ1v) is 12.7. The number of carbonyl (C=O) groups is 1. The molecule has 0 amide bonds. The molecule has 0 aliphatic rings. The zero-order valence-corrected chi connectivity index (χ0v) is 23.0. The predicted molar refractivity (Wildman–Crippen MR) is 155 cm³/mol. The molecule has 0 N–H and O–H groups in total. The standard InChI is InChI=1S/C32H28N2O7/c1-37-26-15-21(16-27(38-2)30(26)39-3)28-24-13-12-23(41-19-20-9-8-14-33-18-20)17-25(24)31(35)34(29(28)32(36)40-4)22-10-6-5-7-11-22/h5-18H,19H2,1-4H3. The number of esters is 1. The van der Waals surface area contributed by atoms with Gasteiger partial charge >= 0.3 is 5.97 Å². The van der Waals surface area contributed by atoms with Crippen LogP contribution in [0.25, 0.3) is 27.6 Å². The Hall–Kier alpha value is -5.31. The van der Waals surface area contributed by atoms with Crippen LogP contribution < -0.4 is 24.5 Å². The van der Waals surface area contributed by atoms with Crippen molar-refractivity contribution in [2.24, 2.45) is 0 Å². The molecule has 0 aliphatic heterocycles. The number of aromatic nitrogens is 2. The van der Waals surface area contributed by atoms with Crippen LogP contribution in [0.3, 0.4) is 0 Å². The lowest BCUT2D eigenvalue weighted by Gasteiger charge is -2.21. The van der Waals surface area contributed by atoms with Crippen LogP contribution in [0.5, 0.6) is 23.0 Å². The largest absolute Gasteiger partial charge is 0.493 e. The summed E-state index contributed by atoms with van der Waals surface area (Å²) in [5.41, 5.74) is 2.03. The summed E-state index contributed by atoms with van der Waals surface area (Å²) in [5.74, 6) is 0.970. The Bertz CT molecular complexity index is 1740. The molecule has 9 nitrogen and oxygen atoms in total. The summed E-state index contributed by atoms with van der Waals surface area (Å²) in [4.78, 5) is 31.7. The first kappa shape index (κ1) is 27.3. The van der Waals surface area contributed by atoms with E-state index in [2.05, 4.69) is 4.98 Å². The van der Waals surface area contributed by atoms with Gasteiger partial charge in [0.05, 0.1) is 33.8 Å². The SMILES string of the molecule is COC(=O)c1c(-c2cc(OC)c(OC)c(OC)c2)c2ccc(OCc3cccnc3)cc2c(=O)n1-c1ccccc1. The summed E-state index contributed by atoms with van der Waals surface area (Å²) in [6.45, 7) is 0.270. The second kappa shape index (κ2) is 11.8. The molecule has 0 saturated heterocycles. The van der Waals surface area contributed by atoms with Crippen molar-refractivity contribution in [2.75, 3.05) is 28.4 Å². The molecule has 208 valence electrons. The molecule has 0 fully saturated rings. The van der Waals surface area contributed by atoms with Gasteiger partial charge in [0, 0.05) is 29.2 Å². The number of methoxy groups -OCH3 is 4. The summed E-state index contributed by atoms with van der Waals surface area (Å²) >= 11 is 0. The number of carbonyl (C=O) groups excluding carboxylic acids is 1. The van der Waals surface area contributed by atoms with Crippen molar-refractivity contribution < 1.29 is 28.5 Å². The fraction of sp³-hybridized carbons (Fsp3) is 0.156. The molecule has 9 heteroatoms. The third-order valence-corrected chi connectivity index (χ3v) is 6.63. The quantitative estimate of drug-likeness (QED) is 0.223. The van der Waals surface area contributed by atoms with E-state index in [1.54, 1.807) is 67.0 Å². The van der Waals surface area contributed by atoms with Crippen LogP contribution in [0.4, 0.5) is 0 Å². The van der Waals surface area contributed by atoms with Gasteiger partial charge in [-0.3, -0.25) is 14.3 Å². The summed E-state index contributed by atoms with van der Waals surface area (Å²) in [7, 11) is 5.81. The second-order valence-electron chi connectivity index (χ2n) is 8.96. The molecular formula is C32H28N2O7. The van der Waals surface area contributed by atoms with Crippen molar-refractivity contribution in [3.8, 4) is 39.8 Å². The van der Waals surface area contributed by atoms with E-state index in [1.165, 1.54) is 33.0 Å². The Morgan fingerprint density at radius 2 is 1.56 bits per heavy atom. The molecule has 0 unspecified atom stereocenters. The molecule has 0 atom stereocenters. The maximum absolute atomic E-state index is 14.1. The van der Waals surface area contributed by atoms with E-state index in [1.807, 2.05) is 18.2 Å². The minimum atomic E-state index is -0.687. The van der Waals surface area contributed by atoms with Gasteiger partial charge < -0.3 is 23.7 Å². The van der Waals surface area contributed by atoms with Gasteiger partial charge in [0.15, 0.2) is 11.5 Å². The van der Waals surface area contributed by atoms with Gasteiger partial charge in [-0.1, -0.05) is 24.3 Å². The number of para-hydroxylation sites is 1. The third kappa shape index (κ3) is 5.17. The molecule has 2 aromatic heterocycles. The molecule has 0 radical (unpaired) electrons. The van der Waals surface area contributed by atoms with Gasteiger partial charge in [-0.15, -0.1) is 0 Å². The van der Waals surface area contributed by atoms with Crippen LogP contribution in [0.15, 0.2) is 90.0 Å². The van der Waals surface area contributed by atoms with Crippen molar-refractivity contribution in [1.82, 2.24) is 9.55 Å². The highest BCUT2D eigenvalue weighted by Crippen LogP contribution is 2.44. The van der Waals surface area contributed by atoms with Crippen LogP contribution in [-0.4, -0.2) is 44.0 Å². The van der Waals surface area contributed by atoms with Crippen molar-refractivity contribution in [1.29, 1.82) is 0 Å². The monoisotopic (exact) mass is 552 g/mol. The zero-order chi connectivity index (χ0) is 28.9. The minimum Gasteiger partial charge on any atom is -0.493 e. The zero-order valence-electron chi connectivity index (χ0n) is 23.0. The Morgan fingerprint density at radius 1 is 0.829 bits per heavy atom. The Balaban J connectivity index is 1.84. The van der Waals surface area contributed by atoms with E-state index < -0.39 is 11.5 Å². The fourth-order valence-electron chi connectivity index (χ4n) is 4.75. The van der Waals surface area contributed by atoms with Crippen molar-refractivity contribution in [3.05, 3.63) is 107 Å². The lowest BCUT2D eigenvalue weighted by atomic mass is 9.95. The Morgan fingerprint density at radius 3 is 2.17 bits per heavy atom. The van der Waals surface area contributed by atoms with Gasteiger partial charge in [0.1, 0.15) is 18.1 Å². The molecule has 41 heavy (non-hydrogen) atoms. The highest BCUT2D eigenvalue weighted by molar-refractivity contribution is 6.07. The number of fused-ring (bicyclic) bond motifs is 1. The number of rotatable bonds is 9. The number of hydrogen-bond acceptors (Lipinski definition) is 8. The highest BCUT2D eigenvalue weighted by atomic mass is 16.5. The first-order chi connectivity index (χ1) is 20.0. The molecule has 2 heterocycles. The molecule has 3 aromatic carbocycles. The highest BCUT2D eigenvalue weighted by Gasteiger charge is 2.27. The number of hydrogen-bond donors (Lipinski definition) is 0. The normalized spacial score (nSPS) is 10.7. The topological polar surface area (TPSA) is 98.1 Å². The maximum Gasteiger partial charge on any atom is 0.355 e. The average Bonchev–Trinajstić information content (AvgIpc) is 3.03. The summed E-state index contributed by atoms with van der Waals surface area (Å²) in [6, 6.07) is 21.3. The minimum absolute atomic E-state index is 0.0505. The van der Waals surface area contributed by atoms with Crippen LogP contribution in [0.1, 0.15) is 16.1 Å². The van der Waals surface area contributed by atoms with E-state index in [9.17, 15) is 9.59 Å². The van der Waals surface area contributed by atoms with E-state index >= 15 is 0 Å². The van der Waals surface area contributed by atoms with Crippen molar-refractivity contribution in [3.63, 3.8) is 0 Å². The van der Waals surface area contributed by atoms with Crippen LogP contribution in [0.2, 0.25) is 0 Å². The number of pyridine rings is 2. The molecule has 5 rings (SSSR count). The number of ether oxygens (including phenoxy) is 5. The fourth-order valence-corrected chi connectivity index (χ4v) is 4.75. The van der Waals surface area contributed by atoms with Gasteiger partial charge in [-0.05, 0) is 59.5 Å². The lowest BCUT2D eigenvalue weighted by molar-refractivity contribution is 0.0591. The lowest BCUT2D eigenvalue weighted by Crippen LogP contribution is -2.26. The van der Waals surface area contributed by atoms with Crippen LogP contribution in [-0.2, 0) is 11.3 Å². The average molecular weight is 553 g/mol. The Labute approximate surface area is 236 Å². The third-order valence-electron chi connectivity index (χ3n) is 6.63. The number of benzene rings is 3. The van der Waals surface area contributed by atoms with E-state index in [0.29, 0.717) is 50.6 Å². The number of nitrogens with zero attached hydrogens (tertiary/aromatic N) is 2. The molecule has 0 aliphatic carbocycles. The van der Waals surface area contributed by atoms with Crippen molar-refractivity contribution >= 4 is 16.7 Å². The second-order valence-corrected chi connectivity index (χ2v) is 8.96. The van der Waals surface area contributed by atoms with Crippen LogP contribution in [0, 0.1) is 0 Å². The molecule has 0 bridgehead atoms. The van der Waals surface area contributed by atoms with Gasteiger partial charge in [0.2, 0.25) is 5.75 Å². The summed E-state index contributed by atoms with van der Waals surface area (Å²) in [5, 5.41) is 0.861. The molecule has 0 saturated carbocycles. The van der Waals surface area contributed by atoms with Gasteiger partial charge in [-0.2, -0.15) is 0 Å². The Kier molecular flexibility index (Phi) is 7.87. The summed E-state index contributed by atoms with van der Waals surface area (Å²) in [6.07, 6.45) is 3.41. The van der Waals surface area contributed by atoms with E-state index in [4.69, 9.17) is 23.7 Å². The maximum atomic E-state index is 14.1. The van der Waals surface area contributed by atoms with Crippen LogP contribution >= 0.6 is 0 Å². The predicted octanol–water partition coefficient (Wildman–Crippen LogP) is 5.44. The smallest absolute Gasteiger partial charge is 0.355 e. The van der Waals surface area contributed by atoms with Gasteiger partial charge in [0.25, 0.3) is 5.56 Å². The van der Waals surface area contributed by atoms with Crippen molar-refractivity contribution in [2.45, 2.75) is 6.61 Å². The van der Waals surface area contributed by atoms with E-state index in [0.717, 1.165) is 5.56 Å². The van der Waals surface area contributed by atoms with Gasteiger partial charge in [-0.25, -0.2) is 4.79 Å². The molecular weight excluding hydrogens is 524 g/mol. The first-order valence-electron chi connectivity index (χ1n) is 12.7. The summed E-state index contributed by atoms with van der Waals surface area (Å²) < 4.78 is 29.3. The van der Waals surface area contributed by atoms with E-state index in [-0.39, 0.29) is 12.3 Å². The molecule has 0 spiro atoms.